The molecular weight excluding hydrogens is 284 g/mol. The molecular formula is C13H13ClN2O2S. The fourth-order valence-electron chi connectivity index (χ4n) is 2.45. The molecule has 100 valence electrons. The third-order valence-electron chi connectivity index (χ3n) is 3.60. The molecule has 19 heavy (non-hydrogen) atoms. The lowest BCUT2D eigenvalue weighted by molar-refractivity contribution is 0.463. The molecule has 2 aliphatic rings. The van der Waals surface area contributed by atoms with Crippen molar-refractivity contribution in [2.45, 2.75) is 17.7 Å². The molecule has 2 unspecified atom stereocenters. The number of nitrogens with zero attached hydrogens (tertiary/aromatic N) is 1. The molecule has 1 aromatic rings. The summed E-state index contributed by atoms with van der Waals surface area (Å²) in [6.45, 7) is 0. The van der Waals surface area contributed by atoms with E-state index in [0.29, 0.717) is 16.9 Å². The first-order valence-corrected chi connectivity index (χ1v) is 7.93. The second kappa shape index (κ2) is 4.65. The van der Waals surface area contributed by atoms with Crippen LogP contribution in [0.4, 0.5) is 0 Å². The number of allylic oxidation sites excluding steroid dienone is 2. The van der Waals surface area contributed by atoms with E-state index in [-0.39, 0.29) is 4.90 Å². The number of fused-ring (bicyclic) bond motifs is 1. The lowest BCUT2D eigenvalue weighted by Crippen LogP contribution is -2.35. The third-order valence-corrected chi connectivity index (χ3v) is 5.07. The fraction of sp³-hybridized carbons (Fsp3) is 0.308. The number of rotatable bonds is 3. The quantitative estimate of drug-likeness (QED) is 0.688. The predicted octanol–water partition coefficient (Wildman–Crippen LogP) is 2.57. The lowest BCUT2D eigenvalue weighted by Gasteiger charge is -2.31. The van der Waals surface area contributed by atoms with Crippen LogP contribution < -0.4 is 4.83 Å². The van der Waals surface area contributed by atoms with Gasteiger partial charge in [0.15, 0.2) is 0 Å². The molecule has 0 saturated heterocycles. The van der Waals surface area contributed by atoms with Gasteiger partial charge in [-0.1, -0.05) is 23.8 Å². The van der Waals surface area contributed by atoms with Crippen molar-refractivity contribution in [1.82, 2.24) is 4.83 Å². The van der Waals surface area contributed by atoms with E-state index in [9.17, 15) is 8.42 Å². The van der Waals surface area contributed by atoms with E-state index in [1.54, 1.807) is 12.1 Å². The molecule has 0 amide bonds. The monoisotopic (exact) mass is 296 g/mol. The summed E-state index contributed by atoms with van der Waals surface area (Å²) in [5, 5.41) is 4.55. The highest BCUT2D eigenvalue weighted by molar-refractivity contribution is 7.89. The smallest absolute Gasteiger partial charge is 0.200 e. The van der Waals surface area contributed by atoms with Gasteiger partial charge in [-0.15, -0.1) is 0 Å². The van der Waals surface area contributed by atoms with Crippen molar-refractivity contribution < 1.29 is 8.42 Å². The number of hydrazone groups is 1. The first-order valence-electron chi connectivity index (χ1n) is 6.07. The van der Waals surface area contributed by atoms with Crippen LogP contribution in [0.25, 0.3) is 0 Å². The van der Waals surface area contributed by atoms with Crippen LogP contribution >= 0.6 is 11.6 Å². The largest absolute Gasteiger partial charge is 0.276 e. The van der Waals surface area contributed by atoms with Gasteiger partial charge in [-0.25, -0.2) is 4.83 Å². The Hall–Kier alpha value is -1.33. The van der Waals surface area contributed by atoms with Crippen molar-refractivity contribution in [1.29, 1.82) is 0 Å². The standard InChI is InChI=1S/C13H13ClN2O2S/c14-10-4-6-11(7-5-10)19(17,18)16-15-13-8-9-2-1-3-12(9)13/h1-2,4-7,9,12,16H,3,8H2/b15-13-. The molecule has 1 N–H and O–H groups in total. The summed E-state index contributed by atoms with van der Waals surface area (Å²) in [6.07, 6.45) is 6.12. The number of nitrogens with one attached hydrogen (secondary N) is 1. The Bertz CT molecular complexity index is 650. The maximum absolute atomic E-state index is 12.0. The number of benzene rings is 1. The first kappa shape index (κ1) is 12.7. The topological polar surface area (TPSA) is 58.5 Å². The van der Waals surface area contributed by atoms with Gasteiger partial charge in [0.05, 0.1) is 4.90 Å². The number of sulfonamides is 1. The zero-order valence-electron chi connectivity index (χ0n) is 10.1. The van der Waals surface area contributed by atoms with Crippen LogP contribution in [0.15, 0.2) is 46.4 Å². The van der Waals surface area contributed by atoms with Crippen molar-refractivity contribution in [3.8, 4) is 0 Å². The van der Waals surface area contributed by atoms with Gasteiger partial charge in [-0.2, -0.15) is 13.5 Å². The average molecular weight is 297 g/mol. The van der Waals surface area contributed by atoms with Gasteiger partial charge in [0.1, 0.15) is 0 Å². The van der Waals surface area contributed by atoms with Crippen molar-refractivity contribution in [2.75, 3.05) is 0 Å². The minimum atomic E-state index is -3.59. The predicted molar refractivity (Wildman–Crippen MR) is 74.6 cm³/mol. The summed E-state index contributed by atoms with van der Waals surface area (Å²) < 4.78 is 24.0. The molecule has 1 saturated carbocycles. The zero-order chi connectivity index (χ0) is 13.5. The molecule has 4 nitrogen and oxygen atoms in total. The van der Waals surface area contributed by atoms with E-state index in [0.717, 1.165) is 18.6 Å². The minimum Gasteiger partial charge on any atom is -0.200 e. The van der Waals surface area contributed by atoms with Crippen molar-refractivity contribution in [2.24, 2.45) is 16.9 Å². The van der Waals surface area contributed by atoms with Crippen LogP contribution in [0, 0.1) is 11.8 Å². The van der Waals surface area contributed by atoms with Crippen LogP contribution in [0.2, 0.25) is 5.02 Å². The summed E-state index contributed by atoms with van der Waals surface area (Å²) in [5.74, 6) is 0.951. The molecule has 2 aliphatic carbocycles. The summed E-state index contributed by atoms with van der Waals surface area (Å²) in [4.78, 5) is 2.47. The van der Waals surface area contributed by atoms with Gasteiger partial charge in [0.25, 0.3) is 10.0 Å². The highest BCUT2D eigenvalue weighted by Gasteiger charge is 2.38. The minimum absolute atomic E-state index is 0.168. The van der Waals surface area contributed by atoms with Gasteiger partial charge < -0.3 is 0 Å². The summed E-state index contributed by atoms with van der Waals surface area (Å²) >= 11 is 5.73. The van der Waals surface area contributed by atoms with Gasteiger partial charge >= 0.3 is 0 Å². The van der Waals surface area contributed by atoms with E-state index in [2.05, 4.69) is 22.1 Å². The Kier molecular flexibility index (Phi) is 3.11. The maximum atomic E-state index is 12.0. The summed E-state index contributed by atoms with van der Waals surface area (Å²) in [7, 11) is -3.59. The Morgan fingerprint density at radius 1 is 1.26 bits per heavy atom. The van der Waals surface area contributed by atoms with Crippen LogP contribution in [0.5, 0.6) is 0 Å². The highest BCUT2D eigenvalue weighted by Crippen LogP contribution is 2.40. The SMILES string of the molecule is O=S(=O)(N/N=C1/CC2C=CCC12)c1ccc(Cl)cc1. The third kappa shape index (κ3) is 2.40. The molecule has 2 atom stereocenters. The normalized spacial score (nSPS) is 27.1. The molecule has 0 spiro atoms. The van der Waals surface area contributed by atoms with E-state index in [1.807, 2.05) is 0 Å². The first-order chi connectivity index (χ1) is 9.06. The molecule has 0 radical (unpaired) electrons. The summed E-state index contributed by atoms with van der Waals surface area (Å²) in [5.41, 5.74) is 0.938. The maximum Gasteiger partial charge on any atom is 0.276 e. The van der Waals surface area contributed by atoms with Gasteiger partial charge in [0.2, 0.25) is 0 Å². The van der Waals surface area contributed by atoms with Crippen LogP contribution in [0.1, 0.15) is 12.8 Å². The Morgan fingerprint density at radius 2 is 2.00 bits per heavy atom. The van der Waals surface area contributed by atoms with Gasteiger partial charge in [-0.3, -0.25) is 0 Å². The molecule has 6 heteroatoms. The van der Waals surface area contributed by atoms with E-state index in [1.165, 1.54) is 12.1 Å². The lowest BCUT2D eigenvalue weighted by atomic mass is 9.74. The second-order valence-electron chi connectivity index (χ2n) is 4.79. The molecule has 3 rings (SSSR count). The Balaban J connectivity index is 1.72. The van der Waals surface area contributed by atoms with Crippen LogP contribution in [0.3, 0.4) is 0 Å². The van der Waals surface area contributed by atoms with Crippen LogP contribution in [-0.2, 0) is 10.0 Å². The van der Waals surface area contributed by atoms with Gasteiger partial charge in [-0.05, 0) is 43.0 Å². The number of hydrogen-bond acceptors (Lipinski definition) is 3. The van der Waals surface area contributed by atoms with Crippen molar-refractivity contribution >= 4 is 27.3 Å². The number of hydrogen-bond donors (Lipinski definition) is 1. The van der Waals surface area contributed by atoms with Crippen molar-refractivity contribution in [3.05, 3.63) is 41.4 Å². The molecule has 1 aromatic carbocycles. The van der Waals surface area contributed by atoms with E-state index in [4.69, 9.17) is 11.6 Å². The Morgan fingerprint density at radius 3 is 2.68 bits per heavy atom. The highest BCUT2D eigenvalue weighted by atomic mass is 35.5. The fourth-order valence-corrected chi connectivity index (χ4v) is 3.41. The molecule has 0 aliphatic heterocycles. The van der Waals surface area contributed by atoms with E-state index < -0.39 is 10.0 Å². The van der Waals surface area contributed by atoms with E-state index >= 15 is 0 Å². The molecule has 0 bridgehead atoms. The van der Waals surface area contributed by atoms with Gasteiger partial charge in [0, 0.05) is 16.7 Å². The molecule has 1 fully saturated rings. The summed E-state index contributed by atoms with van der Waals surface area (Å²) in [6, 6.07) is 6.02. The zero-order valence-corrected chi connectivity index (χ0v) is 11.7. The van der Waals surface area contributed by atoms with Crippen LogP contribution in [-0.4, -0.2) is 14.1 Å². The average Bonchev–Trinajstić information content (AvgIpc) is 2.72. The van der Waals surface area contributed by atoms with Crippen molar-refractivity contribution in [3.63, 3.8) is 0 Å². The molecule has 0 aromatic heterocycles. The number of halogens is 1. The molecule has 0 heterocycles. The second-order valence-corrected chi connectivity index (χ2v) is 6.89. The Labute approximate surface area is 117 Å².